The molecule has 2 unspecified atom stereocenters. The molecule has 0 fully saturated rings. The molecule has 0 spiro atoms. The van der Waals surface area contributed by atoms with Crippen molar-refractivity contribution in [3.8, 4) is 0 Å². The Hall–Kier alpha value is -2.86. The van der Waals surface area contributed by atoms with E-state index in [1.54, 1.807) is 0 Å². The molecule has 1 aliphatic rings. The molecule has 0 bridgehead atoms. The third-order valence-corrected chi connectivity index (χ3v) is 5.25. The summed E-state index contributed by atoms with van der Waals surface area (Å²) in [6.07, 6.45) is -4.85. The SMILES string of the molecule is Cc1ccc2ccccc2c1C(=O)OC1Cc2ccc(C(F)(F)F)cc2C1N. The van der Waals surface area contributed by atoms with E-state index < -0.39 is 29.9 Å². The molecule has 3 aromatic carbocycles. The number of hydrogen-bond donors (Lipinski definition) is 1. The van der Waals surface area contributed by atoms with Gasteiger partial charge >= 0.3 is 12.1 Å². The third-order valence-electron chi connectivity index (χ3n) is 5.25. The standard InChI is InChI=1S/C22H18F3NO2/c1-12-6-7-13-4-2-3-5-16(13)19(12)21(27)28-18-10-14-8-9-15(22(23,24)25)11-17(14)20(18)26/h2-9,11,18,20H,10,26H2,1H3. The average molecular weight is 385 g/mol. The first-order valence-electron chi connectivity index (χ1n) is 8.90. The lowest BCUT2D eigenvalue weighted by Gasteiger charge is -2.19. The Bertz CT molecular complexity index is 1080. The number of benzene rings is 3. The lowest BCUT2D eigenvalue weighted by atomic mass is 10.00. The predicted octanol–water partition coefficient (Wildman–Crippen LogP) is 4.95. The molecule has 0 radical (unpaired) electrons. The molecule has 28 heavy (non-hydrogen) atoms. The van der Waals surface area contributed by atoms with E-state index in [1.165, 1.54) is 6.07 Å². The second kappa shape index (κ2) is 6.63. The number of halogens is 3. The van der Waals surface area contributed by atoms with Crippen LogP contribution < -0.4 is 5.73 Å². The maximum atomic E-state index is 13.0. The largest absolute Gasteiger partial charge is 0.456 e. The number of rotatable bonds is 2. The molecule has 1 aliphatic carbocycles. The Labute approximate surface area is 159 Å². The van der Waals surface area contributed by atoms with Gasteiger partial charge in [-0.25, -0.2) is 4.79 Å². The summed E-state index contributed by atoms with van der Waals surface area (Å²) >= 11 is 0. The molecule has 0 aliphatic heterocycles. The minimum absolute atomic E-state index is 0.296. The first-order valence-corrected chi connectivity index (χ1v) is 8.90. The summed E-state index contributed by atoms with van der Waals surface area (Å²) in [7, 11) is 0. The molecule has 0 aromatic heterocycles. The van der Waals surface area contributed by atoms with Gasteiger partial charge in [-0.2, -0.15) is 13.2 Å². The lowest BCUT2D eigenvalue weighted by molar-refractivity contribution is -0.137. The van der Waals surface area contributed by atoms with Crippen molar-refractivity contribution in [3.05, 3.63) is 82.4 Å². The van der Waals surface area contributed by atoms with E-state index in [0.29, 0.717) is 23.1 Å². The van der Waals surface area contributed by atoms with Crippen molar-refractivity contribution in [2.24, 2.45) is 5.73 Å². The Balaban J connectivity index is 1.62. The third kappa shape index (κ3) is 3.14. The van der Waals surface area contributed by atoms with Crippen molar-refractivity contribution in [2.75, 3.05) is 0 Å². The quantitative estimate of drug-likeness (QED) is 0.635. The van der Waals surface area contributed by atoms with Crippen LogP contribution in [-0.2, 0) is 17.3 Å². The zero-order valence-electron chi connectivity index (χ0n) is 15.1. The highest BCUT2D eigenvalue weighted by molar-refractivity contribution is 6.05. The monoisotopic (exact) mass is 385 g/mol. The van der Waals surface area contributed by atoms with Crippen molar-refractivity contribution in [1.82, 2.24) is 0 Å². The van der Waals surface area contributed by atoms with E-state index in [2.05, 4.69) is 0 Å². The molecule has 0 amide bonds. The summed E-state index contributed by atoms with van der Waals surface area (Å²) in [6.45, 7) is 1.82. The second-order valence-corrected chi connectivity index (χ2v) is 7.06. The molecule has 4 rings (SSSR count). The van der Waals surface area contributed by atoms with Crippen LogP contribution in [0.2, 0.25) is 0 Å². The van der Waals surface area contributed by atoms with E-state index in [1.807, 2.05) is 43.3 Å². The normalized spacial score (nSPS) is 18.9. The van der Waals surface area contributed by atoms with Crippen LogP contribution in [0, 0.1) is 6.92 Å². The van der Waals surface area contributed by atoms with Gasteiger partial charge in [0, 0.05) is 6.42 Å². The zero-order chi connectivity index (χ0) is 20.1. The van der Waals surface area contributed by atoms with Crippen LogP contribution in [0.15, 0.2) is 54.6 Å². The summed E-state index contributed by atoms with van der Waals surface area (Å²) in [5.74, 6) is -0.515. The van der Waals surface area contributed by atoms with Crippen LogP contribution in [-0.4, -0.2) is 12.1 Å². The van der Waals surface area contributed by atoms with E-state index in [0.717, 1.165) is 28.5 Å². The van der Waals surface area contributed by atoms with Crippen molar-refractivity contribution < 1.29 is 22.7 Å². The van der Waals surface area contributed by atoms with Crippen LogP contribution >= 0.6 is 0 Å². The van der Waals surface area contributed by atoms with Crippen molar-refractivity contribution >= 4 is 16.7 Å². The highest BCUT2D eigenvalue weighted by atomic mass is 19.4. The highest BCUT2D eigenvalue weighted by Gasteiger charge is 2.37. The Kier molecular flexibility index (Phi) is 4.38. The van der Waals surface area contributed by atoms with Crippen LogP contribution in [0.4, 0.5) is 13.2 Å². The fourth-order valence-electron chi connectivity index (χ4n) is 3.77. The average Bonchev–Trinajstić information content (AvgIpc) is 2.96. The number of hydrogen-bond acceptors (Lipinski definition) is 3. The van der Waals surface area contributed by atoms with Crippen LogP contribution in [0.5, 0.6) is 0 Å². The van der Waals surface area contributed by atoms with Gasteiger partial charge in [-0.1, -0.05) is 42.5 Å². The van der Waals surface area contributed by atoms with Crippen LogP contribution in [0.25, 0.3) is 10.8 Å². The predicted molar refractivity (Wildman–Crippen MR) is 100.0 cm³/mol. The van der Waals surface area contributed by atoms with Gasteiger partial charge < -0.3 is 10.5 Å². The molecule has 0 saturated heterocycles. The summed E-state index contributed by atoms with van der Waals surface area (Å²) in [6, 6.07) is 13.9. The maximum absolute atomic E-state index is 13.0. The summed E-state index contributed by atoms with van der Waals surface area (Å²) < 4.78 is 44.6. The van der Waals surface area contributed by atoms with Gasteiger partial charge in [-0.15, -0.1) is 0 Å². The van der Waals surface area contributed by atoms with Crippen molar-refractivity contribution in [3.63, 3.8) is 0 Å². The van der Waals surface area contributed by atoms with Gasteiger partial charge in [0.1, 0.15) is 6.10 Å². The zero-order valence-corrected chi connectivity index (χ0v) is 15.1. The van der Waals surface area contributed by atoms with Crippen molar-refractivity contribution in [2.45, 2.75) is 31.7 Å². The van der Waals surface area contributed by atoms with Crippen LogP contribution in [0.1, 0.15) is 38.7 Å². The summed E-state index contributed by atoms with van der Waals surface area (Å²) in [5, 5.41) is 1.69. The molecule has 0 heterocycles. The number of carbonyl (C=O) groups is 1. The molecular weight excluding hydrogens is 367 g/mol. The van der Waals surface area contributed by atoms with Gasteiger partial charge in [-0.05, 0) is 46.5 Å². The number of nitrogens with two attached hydrogens (primary N) is 1. The fraction of sp³-hybridized carbons (Fsp3) is 0.227. The molecule has 2 N–H and O–H groups in total. The fourth-order valence-corrected chi connectivity index (χ4v) is 3.77. The van der Waals surface area contributed by atoms with Gasteiger partial charge in [-0.3, -0.25) is 0 Å². The smallest absolute Gasteiger partial charge is 0.416 e. The summed E-state index contributed by atoms with van der Waals surface area (Å²) in [5.41, 5.74) is 7.66. The number of carbonyl (C=O) groups excluding carboxylic acids is 1. The first kappa shape index (κ1) is 18.5. The Morgan fingerprint density at radius 3 is 2.61 bits per heavy atom. The molecule has 3 nitrogen and oxygen atoms in total. The molecule has 3 aromatic rings. The van der Waals surface area contributed by atoms with Crippen molar-refractivity contribution in [1.29, 1.82) is 0 Å². The number of alkyl halides is 3. The highest BCUT2D eigenvalue weighted by Crippen LogP contribution is 2.37. The first-order chi connectivity index (χ1) is 13.3. The summed E-state index contributed by atoms with van der Waals surface area (Å²) in [4.78, 5) is 12.9. The topological polar surface area (TPSA) is 52.3 Å². The second-order valence-electron chi connectivity index (χ2n) is 7.06. The maximum Gasteiger partial charge on any atom is 0.416 e. The number of aryl methyl sites for hydroxylation is 1. The molecule has 0 saturated carbocycles. The minimum atomic E-state index is -4.44. The van der Waals surface area contributed by atoms with E-state index in [4.69, 9.17) is 10.5 Å². The Morgan fingerprint density at radius 1 is 1.11 bits per heavy atom. The van der Waals surface area contributed by atoms with E-state index in [9.17, 15) is 18.0 Å². The van der Waals surface area contributed by atoms with Crippen LogP contribution in [0.3, 0.4) is 0 Å². The van der Waals surface area contributed by atoms with Gasteiger partial charge in [0.2, 0.25) is 0 Å². The lowest BCUT2D eigenvalue weighted by Crippen LogP contribution is -2.28. The molecule has 6 heteroatoms. The minimum Gasteiger partial charge on any atom is -0.456 e. The number of fused-ring (bicyclic) bond motifs is 2. The number of ether oxygens (including phenoxy) is 1. The van der Waals surface area contributed by atoms with Gasteiger partial charge in [0.05, 0.1) is 17.2 Å². The number of esters is 1. The Morgan fingerprint density at radius 2 is 1.86 bits per heavy atom. The molecule has 2 atom stereocenters. The molecular formula is C22H18F3NO2. The van der Waals surface area contributed by atoms with E-state index >= 15 is 0 Å². The van der Waals surface area contributed by atoms with Gasteiger partial charge in [0.15, 0.2) is 0 Å². The van der Waals surface area contributed by atoms with E-state index in [-0.39, 0.29) is 0 Å². The molecule has 144 valence electrons. The van der Waals surface area contributed by atoms with Gasteiger partial charge in [0.25, 0.3) is 0 Å².